The summed E-state index contributed by atoms with van der Waals surface area (Å²) in [6.07, 6.45) is 1.51. The lowest BCUT2D eigenvalue weighted by Crippen LogP contribution is -2.15. The summed E-state index contributed by atoms with van der Waals surface area (Å²) in [5, 5.41) is 11.8. The maximum Gasteiger partial charge on any atom is 0.266 e. The minimum absolute atomic E-state index is 0.0236. The van der Waals surface area contributed by atoms with Crippen molar-refractivity contribution < 1.29 is 9.59 Å². The van der Waals surface area contributed by atoms with Crippen molar-refractivity contribution in [3.8, 4) is 6.07 Å². The van der Waals surface area contributed by atoms with E-state index in [2.05, 4.69) is 5.32 Å². The number of ketones is 1. The van der Waals surface area contributed by atoms with E-state index in [-0.39, 0.29) is 11.4 Å². The molecule has 1 amide bonds. The molecule has 0 aliphatic rings. The standard InChI is InChI=1S/C18H14N2O2/c1-13(21)16-9-5-6-10-17(16)20-18(22)15(12-19)11-14-7-3-2-4-8-14/h2-11H,1H3,(H,20,22)/b15-11+. The van der Waals surface area contributed by atoms with Crippen LogP contribution in [-0.4, -0.2) is 11.7 Å². The normalized spacial score (nSPS) is 10.6. The lowest BCUT2D eigenvalue weighted by atomic mass is 10.1. The minimum atomic E-state index is -0.542. The van der Waals surface area contributed by atoms with E-state index >= 15 is 0 Å². The first-order valence-corrected chi connectivity index (χ1v) is 6.70. The van der Waals surface area contributed by atoms with E-state index in [0.29, 0.717) is 11.3 Å². The number of nitriles is 1. The van der Waals surface area contributed by atoms with Crippen molar-refractivity contribution in [2.45, 2.75) is 6.92 Å². The summed E-state index contributed by atoms with van der Waals surface area (Å²) in [6.45, 7) is 1.43. The Morgan fingerprint density at radius 2 is 1.68 bits per heavy atom. The SMILES string of the molecule is CC(=O)c1ccccc1NC(=O)/C(C#N)=C/c1ccccc1. The summed E-state index contributed by atoms with van der Waals surface area (Å²) < 4.78 is 0. The van der Waals surface area contributed by atoms with Gasteiger partial charge in [0.15, 0.2) is 5.78 Å². The number of para-hydroxylation sites is 1. The van der Waals surface area contributed by atoms with Gasteiger partial charge in [-0.25, -0.2) is 0 Å². The predicted molar refractivity (Wildman–Crippen MR) is 85.1 cm³/mol. The van der Waals surface area contributed by atoms with Crippen molar-refractivity contribution in [2.24, 2.45) is 0 Å². The molecule has 4 nitrogen and oxygen atoms in total. The van der Waals surface area contributed by atoms with Crippen LogP contribution in [0.4, 0.5) is 5.69 Å². The Morgan fingerprint density at radius 3 is 2.32 bits per heavy atom. The molecule has 0 aliphatic heterocycles. The number of benzene rings is 2. The lowest BCUT2D eigenvalue weighted by molar-refractivity contribution is -0.112. The third-order valence-corrected chi connectivity index (χ3v) is 3.03. The fourth-order valence-corrected chi connectivity index (χ4v) is 1.95. The number of carbonyl (C=O) groups is 2. The van der Waals surface area contributed by atoms with Gasteiger partial charge in [-0.15, -0.1) is 0 Å². The molecule has 1 N–H and O–H groups in total. The lowest BCUT2D eigenvalue weighted by Gasteiger charge is -2.08. The number of rotatable bonds is 4. The smallest absolute Gasteiger partial charge is 0.266 e. The molecule has 4 heteroatoms. The van der Waals surface area contributed by atoms with Crippen LogP contribution in [0.3, 0.4) is 0 Å². The van der Waals surface area contributed by atoms with Crippen LogP contribution in [0.15, 0.2) is 60.2 Å². The number of amides is 1. The number of hydrogen-bond donors (Lipinski definition) is 1. The summed E-state index contributed by atoms with van der Waals surface area (Å²) in [5.74, 6) is -0.693. The van der Waals surface area contributed by atoms with Gasteiger partial charge in [0, 0.05) is 5.56 Å². The van der Waals surface area contributed by atoms with Gasteiger partial charge in [0.05, 0.1) is 5.69 Å². The summed E-state index contributed by atoms with van der Waals surface area (Å²) >= 11 is 0. The van der Waals surface area contributed by atoms with Crippen molar-refractivity contribution in [3.05, 3.63) is 71.3 Å². The molecule has 0 bridgehead atoms. The van der Waals surface area contributed by atoms with Crippen molar-refractivity contribution in [1.29, 1.82) is 5.26 Å². The van der Waals surface area contributed by atoms with Crippen molar-refractivity contribution in [3.63, 3.8) is 0 Å². The maximum absolute atomic E-state index is 12.2. The molecule has 0 saturated carbocycles. The highest BCUT2D eigenvalue weighted by Crippen LogP contribution is 2.17. The largest absolute Gasteiger partial charge is 0.321 e. The highest BCUT2D eigenvalue weighted by atomic mass is 16.2. The zero-order valence-corrected chi connectivity index (χ0v) is 12.0. The van der Waals surface area contributed by atoms with E-state index in [1.807, 2.05) is 24.3 Å². The molecule has 0 heterocycles. The predicted octanol–water partition coefficient (Wildman–Crippen LogP) is 3.43. The number of carbonyl (C=O) groups excluding carboxylic acids is 2. The Morgan fingerprint density at radius 1 is 1.05 bits per heavy atom. The van der Waals surface area contributed by atoms with E-state index in [1.165, 1.54) is 13.0 Å². The zero-order chi connectivity index (χ0) is 15.9. The van der Waals surface area contributed by atoms with Gasteiger partial charge >= 0.3 is 0 Å². The molecule has 0 unspecified atom stereocenters. The molecule has 0 radical (unpaired) electrons. The third kappa shape index (κ3) is 3.68. The maximum atomic E-state index is 12.2. The molecular weight excluding hydrogens is 276 g/mol. The van der Waals surface area contributed by atoms with Gasteiger partial charge in [0.1, 0.15) is 11.6 Å². The second-order valence-electron chi connectivity index (χ2n) is 4.64. The van der Waals surface area contributed by atoms with E-state index in [9.17, 15) is 9.59 Å². The van der Waals surface area contributed by atoms with Crippen LogP contribution in [0.1, 0.15) is 22.8 Å². The topological polar surface area (TPSA) is 70.0 Å². The summed E-state index contributed by atoms with van der Waals surface area (Å²) in [7, 11) is 0. The van der Waals surface area contributed by atoms with Crippen molar-refractivity contribution >= 4 is 23.5 Å². The number of nitrogens with one attached hydrogen (secondary N) is 1. The molecule has 0 saturated heterocycles. The van der Waals surface area contributed by atoms with Crippen molar-refractivity contribution in [2.75, 3.05) is 5.32 Å². The summed E-state index contributed by atoms with van der Waals surface area (Å²) in [6, 6.07) is 17.7. The van der Waals surface area contributed by atoms with E-state index < -0.39 is 5.91 Å². The molecule has 0 spiro atoms. The van der Waals surface area contributed by atoms with Crippen molar-refractivity contribution in [1.82, 2.24) is 0 Å². The van der Waals surface area contributed by atoms with Gasteiger partial charge in [0.2, 0.25) is 0 Å². The minimum Gasteiger partial charge on any atom is -0.321 e. The molecule has 108 valence electrons. The first-order valence-electron chi connectivity index (χ1n) is 6.70. The van der Waals surface area contributed by atoms with Gasteiger partial charge < -0.3 is 5.32 Å². The number of anilines is 1. The molecule has 0 atom stereocenters. The van der Waals surface area contributed by atoms with Gasteiger partial charge in [-0.05, 0) is 30.7 Å². The number of hydrogen-bond acceptors (Lipinski definition) is 3. The average molecular weight is 290 g/mol. The van der Waals surface area contributed by atoms with Gasteiger partial charge in [-0.3, -0.25) is 9.59 Å². The Hall–Kier alpha value is -3.19. The second kappa shape index (κ2) is 7.00. The van der Waals surface area contributed by atoms with Gasteiger partial charge in [-0.1, -0.05) is 42.5 Å². The quantitative estimate of drug-likeness (QED) is 0.532. The van der Waals surface area contributed by atoms with E-state index in [0.717, 1.165) is 5.56 Å². The molecule has 0 aromatic heterocycles. The number of Topliss-reactive ketones (excluding diaryl/α,β-unsaturated/α-hetero) is 1. The van der Waals surface area contributed by atoms with Gasteiger partial charge in [0.25, 0.3) is 5.91 Å². The Balaban J connectivity index is 2.27. The van der Waals surface area contributed by atoms with E-state index in [1.54, 1.807) is 36.4 Å². The van der Waals surface area contributed by atoms with Crippen LogP contribution in [0.5, 0.6) is 0 Å². The second-order valence-corrected chi connectivity index (χ2v) is 4.64. The Labute approximate surface area is 128 Å². The third-order valence-electron chi connectivity index (χ3n) is 3.03. The van der Waals surface area contributed by atoms with E-state index in [4.69, 9.17) is 5.26 Å². The highest BCUT2D eigenvalue weighted by Gasteiger charge is 2.13. The van der Waals surface area contributed by atoms with Crippen LogP contribution in [0, 0.1) is 11.3 Å². The van der Waals surface area contributed by atoms with Crippen LogP contribution in [-0.2, 0) is 4.79 Å². The zero-order valence-electron chi connectivity index (χ0n) is 12.0. The first kappa shape index (κ1) is 15.2. The highest BCUT2D eigenvalue weighted by molar-refractivity contribution is 6.12. The molecule has 2 rings (SSSR count). The number of nitrogens with zero attached hydrogens (tertiary/aromatic N) is 1. The average Bonchev–Trinajstić information content (AvgIpc) is 2.53. The molecule has 0 fully saturated rings. The molecule has 0 aliphatic carbocycles. The first-order chi connectivity index (χ1) is 10.6. The molecule has 2 aromatic carbocycles. The Kier molecular flexibility index (Phi) is 4.84. The summed E-state index contributed by atoms with van der Waals surface area (Å²) in [5.41, 5.74) is 1.54. The monoisotopic (exact) mass is 290 g/mol. The summed E-state index contributed by atoms with van der Waals surface area (Å²) in [4.78, 5) is 23.8. The molecular formula is C18H14N2O2. The Bertz CT molecular complexity index is 771. The fourth-order valence-electron chi connectivity index (χ4n) is 1.95. The van der Waals surface area contributed by atoms with Crippen LogP contribution in [0.2, 0.25) is 0 Å². The fraction of sp³-hybridized carbons (Fsp3) is 0.0556. The van der Waals surface area contributed by atoms with Gasteiger partial charge in [-0.2, -0.15) is 5.26 Å². The van der Waals surface area contributed by atoms with Crippen LogP contribution >= 0.6 is 0 Å². The molecule has 2 aromatic rings. The van der Waals surface area contributed by atoms with Crippen LogP contribution in [0.25, 0.3) is 6.08 Å². The van der Waals surface area contributed by atoms with Crippen LogP contribution < -0.4 is 5.32 Å². The molecule has 22 heavy (non-hydrogen) atoms.